The van der Waals surface area contributed by atoms with E-state index in [1.54, 1.807) is 0 Å². The predicted molar refractivity (Wildman–Crippen MR) is 154 cm³/mol. The summed E-state index contributed by atoms with van der Waals surface area (Å²) in [5.74, 6) is -0.506. The molecule has 6 aliphatic rings. The summed E-state index contributed by atoms with van der Waals surface area (Å²) in [7, 11) is -3.31. The van der Waals surface area contributed by atoms with E-state index in [0.717, 1.165) is 50.5 Å². The minimum absolute atomic E-state index is 0.0193. The number of nitrogens with one attached hydrogen (secondary N) is 1. The number of allylic oxidation sites excluding steroid dienone is 4. The van der Waals surface area contributed by atoms with Gasteiger partial charge in [0.25, 0.3) is 0 Å². The number of rotatable bonds is 3. The average molecular weight is 583 g/mol. The predicted octanol–water partition coefficient (Wildman–Crippen LogP) is 5.51. The van der Waals surface area contributed by atoms with Crippen molar-refractivity contribution in [3.05, 3.63) is 33.4 Å². The fourth-order valence-electron chi connectivity index (χ4n) is 10.8. The van der Waals surface area contributed by atoms with Gasteiger partial charge in [-0.1, -0.05) is 46.3 Å². The number of nitro groups is 1. The molecule has 0 aromatic carbocycles. The Kier molecular flexibility index (Phi) is 5.87. The van der Waals surface area contributed by atoms with E-state index in [9.17, 15) is 29.2 Å². The third-order valence-corrected chi connectivity index (χ3v) is 14.4. The van der Waals surface area contributed by atoms with Crippen LogP contribution in [0.2, 0.25) is 0 Å². The van der Waals surface area contributed by atoms with Gasteiger partial charge in [-0.15, -0.1) is 0 Å². The molecule has 0 saturated heterocycles. The number of ketones is 2. The van der Waals surface area contributed by atoms with Gasteiger partial charge < -0.3 is 0 Å². The van der Waals surface area contributed by atoms with Crippen LogP contribution in [0.1, 0.15) is 92.4 Å². The van der Waals surface area contributed by atoms with Gasteiger partial charge in [0, 0.05) is 28.5 Å². The Hall–Kier alpha value is -2.38. The van der Waals surface area contributed by atoms with Crippen LogP contribution in [0.5, 0.6) is 0 Å². The number of carbonyl (C=O) groups excluding carboxylic acids is 2. The molecule has 0 heterocycles. The van der Waals surface area contributed by atoms with E-state index in [1.165, 1.54) is 6.26 Å². The Morgan fingerprint density at radius 2 is 1.71 bits per heavy atom. The highest BCUT2D eigenvalue weighted by Gasteiger charge is 2.71. The molecule has 41 heavy (non-hydrogen) atoms. The molecule has 1 spiro atoms. The van der Waals surface area contributed by atoms with E-state index in [2.05, 4.69) is 36.0 Å². The number of nitrogens with zero attached hydrogens (tertiary/aromatic N) is 3. The molecule has 4 saturated carbocycles. The maximum Gasteiger partial charge on any atom is 0.201 e. The molecule has 0 aliphatic heterocycles. The highest BCUT2D eigenvalue weighted by Crippen LogP contribution is 2.74. The summed E-state index contributed by atoms with van der Waals surface area (Å²) in [4.78, 5) is 39.0. The van der Waals surface area contributed by atoms with E-state index in [1.807, 2.05) is 26.0 Å². The average Bonchev–Trinajstić information content (AvgIpc) is 3.62. The lowest BCUT2D eigenvalue weighted by atomic mass is 9.35. The fraction of sp³-hybridized carbons (Fsp3) is 0.774. The summed E-state index contributed by atoms with van der Waals surface area (Å²) >= 11 is 0. The smallest absolute Gasteiger partial charge is 0.201 e. The molecule has 1 N–H and O–H groups in total. The number of Topliss-reactive ketones (excluding diaryl/α,β-unsaturated/α-hetero) is 1. The van der Waals surface area contributed by atoms with Gasteiger partial charge in [0.2, 0.25) is 5.03 Å². The largest absolute Gasteiger partial charge is 0.295 e. The first-order valence-corrected chi connectivity index (χ1v) is 16.9. The van der Waals surface area contributed by atoms with Gasteiger partial charge in [-0.25, -0.2) is 19.0 Å². The quantitative estimate of drug-likeness (QED) is 0.344. The molecular weight excluding hydrogens is 540 g/mol. The van der Waals surface area contributed by atoms with Crippen LogP contribution in [0, 0.1) is 66.3 Å². The zero-order valence-electron chi connectivity index (χ0n) is 25.0. The second-order valence-corrected chi connectivity index (χ2v) is 17.4. The number of fused-ring (bicyclic) bond motifs is 7. The Labute approximate surface area is 243 Å². The maximum atomic E-state index is 14.5. The van der Waals surface area contributed by atoms with Crippen LogP contribution < -0.4 is 4.72 Å². The third-order valence-electron chi connectivity index (χ3n) is 13.2. The van der Waals surface area contributed by atoms with E-state index in [-0.39, 0.29) is 45.7 Å². The van der Waals surface area contributed by atoms with E-state index in [0.29, 0.717) is 12.8 Å². The van der Waals surface area contributed by atoms with Crippen molar-refractivity contribution in [2.75, 3.05) is 6.26 Å². The van der Waals surface area contributed by atoms with Gasteiger partial charge >= 0.3 is 0 Å². The van der Waals surface area contributed by atoms with Gasteiger partial charge in [-0.05, 0) is 91.9 Å². The molecule has 0 aromatic rings. The molecule has 9 nitrogen and oxygen atoms in total. The topological polar surface area (TPSA) is 143 Å². The van der Waals surface area contributed by atoms with Crippen LogP contribution in [0.4, 0.5) is 0 Å². The van der Waals surface area contributed by atoms with Gasteiger partial charge in [0.05, 0.1) is 5.57 Å². The van der Waals surface area contributed by atoms with Crippen LogP contribution in [0.3, 0.4) is 0 Å². The van der Waals surface area contributed by atoms with E-state index < -0.39 is 36.7 Å². The summed E-state index contributed by atoms with van der Waals surface area (Å²) < 4.78 is 19.9. The lowest BCUT2D eigenvalue weighted by molar-refractivity contribution is -0.482. The van der Waals surface area contributed by atoms with Crippen molar-refractivity contribution in [3.8, 4) is 6.07 Å². The molecule has 1 unspecified atom stereocenters. The number of hydrogen-bond donors (Lipinski definition) is 1. The van der Waals surface area contributed by atoms with Crippen molar-refractivity contribution in [2.24, 2.45) is 49.3 Å². The fourth-order valence-corrected chi connectivity index (χ4v) is 12.2. The molecule has 6 aliphatic carbocycles. The summed E-state index contributed by atoms with van der Waals surface area (Å²) in [6, 6.07) is 2.15. The number of hydrogen-bond acceptors (Lipinski definition) is 6. The van der Waals surface area contributed by atoms with E-state index >= 15 is 0 Å². The summed E-state index contributed by atoms with van der Waals surface area (Å²) in [6.45, 7) is 10.5. The Bertz CT molecular complexity index is 1510. The van der Waals surface area contributed by atoms with Crippen molar-refractivity contribution < 1.29 is 18.8 Å². The first-order valence-electron chi connectivity index (χ1n) is 15.0. The molecule has 222 valence electrons. The molecule has 10 heteroatoms. The van der Waals surface area contributed by atoms with Crippen molar-refractivity contribution in [1.82, 2.24) is 4.72 Å². The number of carbonyl (C=O) groups is 2. The Morgan fingerprint density at radius 3 is 2.32 bits per heavy atom. The highest BCUT2D eigenvalue weighted by molar-refractivity contribution is 7.90. The summed E-state index contributed by atoms with van der Waals surface area (Å²) in [5.41, 5.74) is -1.29. The highest BCUT2D eigenvalue weighted by atomic mass is 32.2. The molecule has 0 bridgehead atoms. The maximum absolute atomic E-state index is 14.5. The second-order valence-electron chi connectivity index (χ2n) is 15.5. The SMILES string of the molecule is CC1(C)C(=O)C(C#N)=C[C@]2(C)C3=CC(=O)[C@@H]4[C@@H]5CC6(CC6)CC[C@]5(NS(C)(=O)=N[N+](=O)[O-])CC[C@@]4(C)[C@]3(C)CC[C@@H]12. The molecule has 0 radical (unpaired) electrons. The van der Waals surface area contributed by atoms with Crippen molar-refractivity contribution in [2.45, 2.75) is 97.9 Å². The van der Waals surface area contributed by atoms with Crippen LogP contribution in [0.15, 0.2) is 27.8 Å². The minimum atomic E-state index is -3.31. The first-order chi connectivity index (χ1) is 18.9. The summed E-state index contributed by atoms with van der Waals surface area (Å²) in [5, 5.41) is 20.3. The van der Waals surface area contributed by atoms with Crippen LogP contribution >= 0.6 is 0 Å². The Balaban J connectivity index is 1.50. The van der Waals surface area contributed by atoms with Gasteiger partial charge in [0.15, 0.2) is 21.5 Å². The molecule has 6 rings (SSSR count). The van der Waals surface area contributed by atoms with Crippen LogP contribution in [-0.4, -0.2) is 32.6 Å². The molecule has 0 amide bonds. The zero-order chi connectivity index (χ0) is 30.0. The van der Waals surface area contributed by atoms with Gasteiger partial charge in [-0.2, -0.15) is 5.26 Å². The van der Waals surface area contributed by atoms with Crippen molar-refractivity contribution in [1.29, 1.82) is 5.26 Å². The molecule has 0 aromatic heterocycles. The van der Waals surface area contributed by atoms with Crippen LogP contribution in [-0.2, 0) is 19.5 Å². The minimum Gasteiger partial charge on any atom is -0.295 e. The lowest BCUT2D eigenvalue weighted by Gasteiger charge is -2.69. The first kappa shape index (κ1) is 28.7. The van der Waals surface area contributed by atoms with Crippen molar-refractivity contribution in [3.63, 3.8) is 0 Å². The van der Waals surface area contributed by atoms with Gasteiger partial charge in [-0.3, -0.25) is 9.59 Å². The standard InChI is InChI=1S/C31H42N4O5S/c1-26(2)22-7-8-28(4)23(27(22,3)16-19(18-32)25(26)37)15-21(36)24-20-17-30(10-11-30)12-14-31(20,13-9-29(24,28)5)33-41(6,40)34-35(38)39/h15-16,20,22,24H,7-14,17H2,1-6H3,(H,33,34,40)/t20-,22-,24-,27-,28+,29+,31+,41?/m0/s1. The van der Waals surface area contributed by atoms with Crippen LogP contribution in [0.25, 0.3) is 0 Å². The third kappa shape index (κ3) is 3.76. The number of nitriles is 1. The van der Waals surface area contributed by atoms with E-state index in [4.69, 9.17) is 0 Å². The molecule has 4 fully saturated rings. The second kappa shape index (κ2) is 8.37. The Morgan fingerprint density at radius 1 is 1.07 bits per heavy atom. The zero-order valence-corrected chi connectivity index (χ0v) is 25.9. The molecule has 8 atom stereocenters. The summed E-state index contributed by atoms with van der Waals surface area (Å²) in [6.07, 6.45) is 12.8. The van der Waals surface area contributed by atoms with Crippen molar-refractivity contribution >= 4 is 21.5 Å². The lowest BCUT2D eigenvalue weighted by Crippen LogP contribution is -2.69. The monoisotopic (exact) mass is 582 g/mol. The van der Waals surface area contributed by atoms with Gasteiger partial charge in [0.1, 0.15) is 10.5 Å². The normalized spacial score (nSPS) is 45.0. The molecular formula is C31H42N4O5S.